The van der Waals surface area contributed by atoms with Gasteiger partial charge in [-0.25, -0.2) is 0 Å². The van der Waals surface area contributed by atoms with Crippen LogP contribution in [-0.2, 0) is 23.9 Å². The molecule has 2 aliphatic carbocycles. The second-order valence-electron chi connectivity index (χ2n) is 12.1. The van der Waals surface area contributed by atoms with Gasteiger partial charge in [0.25, 0.3) is 11.8 Å². The van der Waals surface area contributed by atoms with E-state index in [0.717, 1.165) is 36.6 Å². The first-order valence-corrected chi connectivity index (χ1v) is 15.1. The first kappa shape index (κ1) is 28.4. The molecule has 2 aliphatic heterocycles. The Morgan fingerprint density at radius 1 is 1.14 bits per heavy atom. The first-order valence-electron chi connectivity index (χ1n) is 15.1. The Balaban J connectivity index is 1.24. The van der Waals surface area contributed by atoms with Crippen molar-refractivity contribution in [2.24, 2.45) is 17.8 Å². The topological polar surface area (TPSA) is 147 Å². The average Bonchev–Trinajstić information content (AvgIpc) is 3.81. The molecule has 2 saturated carbocycles. The fraction of sp³-hybridized carbons (Fsp3) is 0.581. The van der Waals surface area contributed by atoms with Crippen LogP contribution in [0.4, 0.5) is 0 Å². The number of rotatable bonds is 9. The monoisotopic (exact) mass is 578 g/mol. The fourth-order valence-corrected chi connectivity index (χ4v) is 7.40. The molecule has 3 amide bonds. The number of likely N-dealkylation sites (tertiary alicyclic amines) is 1. The van der Waals surface area contributed by atoms with E-state index >= 15 is 0 Å². The molecule has 42 heavy (non-hydrogen) atoms. The number of aromatic amines is 1. The number of ketones is 2. The summed E-state index contributed by atoms with van der Waals surface area (Å²) in [6, 6.07) is 5.08. The van der Waals surface area contributed by atoms with Gasteiger partial charge in [0.05, 0.1) is 25.8 Å². The standard InChI is InChI=1S/C31H38N4O7/c1-41-26-10-4-8-22-21(26)14-24(33-22)31(40)35-15-18-6-2-7-20(18)27(35)29(38)34-23(13-17-5-3-9-25(17)36)28(37)30(39)32-19-11-12-42-16-19/h4,8,10,14,17-20,23,27,33H,2-3,5-7,9,11-13,15-16H2,1H3,(H,32,39)(H,34,38)/t17-,18-,19+,20-,23-,27-/m0/s1. The van der Waals surface area contributed by atoms with Gasteiger partial charge >= 0.3 is 0 Å². The van der Waals surface area contributed by atoms with Crippen molar-refractivity contribution in [1.29, 1.82) is 0 Å². The molecule has 0 radical (unpaired) electrons. The molecule has 3 N–H and O–H groups in total. The minimum atomic E-state index is -1.15. The molecule has 0 spiro atoms. The van der Waals surface area contributed by atoms with Crippen LogP contribution >= 0.6 is 0 Å². The molecule has 4 fully saturated rings. The van der Waals surface area contributed by atoms with Crippen LogP contribution in [0, 0.1) is 17.8 Å². The maximum atomic E-state index is 14.0. The van der Waals surface area contributed by atoms with Crippen molar-refractivity contribution in [2.75, 3.05) is 26.9 Å². The van der Waals surface area contributed by atoms with Crippen molar-refractivity contribution in [3.8, 4) is 5.75 Å². The number of benzene rings is 1. The zero-order chi connectivity index (χ0) is 29.4. The van der Waals surface area contributed by atoms with Gasteiger partial charge in [-0.05, 0) is 68.6 Å². The predicted octanol–water partition coefficient (Wildman–Crippen LogP) is 2.14. The van der Waals surface area contributed by atoms with Crippen LogP contribution in [0.2, 0.25) is 0 Å². The number of Topliss-reactive ketones (excluding diaryl/α,β-unsaturated/α-hetero) is 2. The summed E-state index contributed by atoms with van der Waals surface area (Å²) < 4.78 is 10.8. The predicted molar refractivity (Wildman–Crippen MR) is 152 cm³/mol. The second-order valence-corrected chi connectivity index (χ2v) is 12.1. The summed E-state index contributed by atoms with van der Waals surface area (Å²) in [4.78, 5) is 71.6. The van der Waals surface area contributed by atoms with E-state index in [2.05, 4.69) is 15.6 Å². The normalized spacial score (nSPS) is 27.7. The zero-order valence-corrected chi connectivity index (χ0v) is 23.9. The number of aromatic nitrogens is 1. The van der Waals surface area contributed by atoms with Gasteiger partial charge in [0.15, 0.2) is 0 Å². The lowest BCUT2D eigenvalue weighted by atomic mass is 9.91. The number of hydrogen-bond donors (Lipinski definition) is 3. The lowest BCUT2D eigenvalue weighted by Gasteiger charge is -2.29. The maximum absolute atomic E-state index is 14.0. The van der Waals surface area contributed by atoms with Crippen LogP contribution in [0.25, 0.3) is 10.9 Å². The molecule has 6 rings (SSSR count). The third kappa shape index (κ3) is 5.42. The first-order chi connectivity index (χ1) is 20.3. The van der Waals surface area contributed by atoms with Crippen molar-refractivity contribution in [1.82, 2.24) is 20.5 Å². The van der Waals surface area contributed by atoms with Crippen LogP contribution in [-0.4, -0.2) is 84.2 Å². The Hall–Kier alpha value is -3.73. The highest BCUT2D eigenvalue weighted by atomic mass is 16.5. The van der Waals surface area contributed by atoms with E-state index in [1.54, 1.807) is 18.1 Å². The number of ether oxygens (including phenoxy) is 2. The number of methoxy groups -OCH3 is 1. The summed E-state index contributed by atoms with van der Waals surface area (Å²) in [5, 5.41) is 6.34. The third-order valence-corrected chi connectivity index (χ3v) is 9.57. The molecule has 2 saturated heterocycles. The van der Waals surface area contributed by atoms with Gasteiger partial charge < -0.3 is 30.0 Å². The lowest BCUT2D eigenvalue weighted by molar-refractivity contribution is -0.141. The number of nitrogens with one attached hydrogen (secondary N) is 3. The molecule has 224 valence electrons. The highest BCUT2D eigenvalue weighted by molar-refractivity contribution is 6.38. The van der Waals surface area contributed by atoms with Crippen molar-refractivity contribution in [2.45, 2.75) is 69.5 Å². The molecule has 1 aromatic carbocycles. The number of carbonyl (C=O) groups excluding carboxylic acids is 5. The van der Waals surface area contributed by atoms with E-state index in [0.29, 0.717) is 50.5 Å². The summed E-state index contributed by atoms with van der Waals surface area (Å²) in [5.41, 5.74) is 1.11. The van der Waals surface area contributed by atoms with Crippen molar-refractivity contribution < 1.29 is 33.4 Å². The lowest BCUT2D eigenvalue weighted by Crippen LogP contribution is -2.56. The molecule has 11 nitrogen and oxygen atoms in total. The van der Waals surface area contributed by atoms with Crippen molar-refractivity contribution in [3.63, 3.8) is 0 Å². The minimum Gasteiger partial charge on any atom is -0.496 e. The largest absolute Gasteiger partial charge is 0.496 e. The van der Waals surface area contributed by atoms with E-state index in [4.69, 9.17) is 9.47 Å². The number of carbonyl (C=O) groups is 5. The van der Waals surface area contributed by atoms with Crippen LogP contribution in [0.1, 0.15) is 61.9 Å². The zero-order valence-electron chi connectivity index (χ0n) is 23.9. The van der Waals surface area contributed by atoms with Crippen LogP contribution in [0.3, 0.4) is 0 Å². The van der Waals surface area contributed by atoms with E-state index in [-0.39, 0.29) is 41.9 Å². The van der Waals surface area contributed by atoms with E-state index in [1.165, 1.54) is 0 Å². The third-order valence-electron chi connectivity index (χ3n) is 9.57. The molecule has 3 heterocycles. The fourth-order valence-electron chi connectivity index (χ4n) is 7.40. The van der Waals surface area contributed by atoms with Gasteiger partial charge in [0, 0.05) is 36.4 Å². The number of amides is 3. The summed E-state index contributed by atoms with van der Waals surface area (Å²) in [5.74, 6) is -1.86. The summed E-state index contributed by atoms with van der Waals surface area (Å²) in [6.07, 6.45) is 5.17. The molecule has 11 heteroatoms. The smallest absolute Gasteiger partial charge is 0.289 e. The van der Waals surface area contributed by atoms with Crippen LogP contribution in [0.15, 0.2) is 24.3 Å². The molecule has 4 aliphatic rings. The number of hydrogen-bond acceptors (Lipinski definition) is 7. The number of H-pyrrole nitrogens is 1. The summed E-state index contributed by atoms with van der Waals surface area (Å²) in [7, 11) is 1.57. The van der Waals surface area contributed by atoms with E-state index < -0.39 is 29.7 Å². The number of nitrogens with zero attached hydrogens (tertiary/aromatic N) is 1. The van der Waals surface area contributed by atoms with Crippen LogP contribution in [0.5, 0.6) is 5.75 Å². The van der Waals surface area contributed by atoms with Gasteiger partial charge in [-0.2, -0.15) is 0 Å². The van der Waals surface area contributed by atoms with E-state index in [1.807, 2.05) is 18.2 Å². The number of fused-ring (bicyclic) bond motifs is 2. The molecule has 2 aromatic rings. The van der Waals surface area contributed by atoms with Gasteiger partial charge in [-0.1, -0.05) is 12.5 Å². The molecule has 0 unspecified atom stereocenters. The SMILES string of the molecule is COc1cccc2[nH]c(C(=O)N3C[C@@H]4CCC[C@@H]4[C@H]3C(=O)N[C@@H](C[C@@H]3CCCC3=O)C(=O)C(=O)N[C@@H]3CCOC3)cc12. The van der Waals surface area contributed by atoms with E-state index in [9.17, 15) is 24.0 Å². The summed E-state index contributed by atoms with van der Waals surface area (Å²) in [6.45, 7) is 1.28. The van der Waals surface area contributed by atoms with Crippen molar-refractivity contribution >= 4 is 40.2 Å². The van der Waals surface area contributed by atoms with Gasteiger partial charge in [-0.3, -0.25) is 24.0 Å². The van der Waals surface area contributed by atoms with Crippen molar-refractivity contribution in [3.05, 3.63) is 30.0 Å². The average molecular weight is 579 g/mol. The molecular weight excluding hydrogens is 540 g/mol. The molecular formula is C31H38N4O7. The van der Waals surface area contributed by atoms with Gasteiger partial charge in [0.1, 0.15) is 23.3 Å². The Labute approximate surface area is 244 Å². The highest BCUT2D eigenvalue weighted by Gasteiger charge is 2.50. The minimum absolute atomic E-state index is 0.0406. The Kier molecular flexibility index (Phi) is 8.02. The molecule has 0 bridgehead atoms. The highest BCUT2D eigenvalue weighted by Crippen LogP contribution is 2.43. The Morgan fingerprint density at radius 2 is 2.00 bits per heavy atom. The quantitative estimate of drug-likeness (QED) is 0.386. The van der Waals surface area contributed by atoms with Crippen LogP contribution < -0.4 is 15.4 Å². The molecule has 6 atom stereocenters. The second kappa shape index (κ2) is 11.9. The van der Waals surface area contributed by atoms with Gasteiger partial charge in [-0.15, -0.1) is 0 Å². The maximum Gasteiger partial charge on any atom is 0.289 e. The summed E-state index contributed by atoms with van der Waals surface area (Å²) >= 11 is 0. The Morgan fingerprint density at radius 3 is 2.74 bits per heavy atom. The Bertz CT molecular complexity index is 1400. The molecule has 1 aromatic heterocycles. The van der Waals surface area contributed by atoms with Gasteiger partial charge in [0.2, 0.25) is 11.7 Å².